The molecule has 0 aliphatic heterocycles. The zero-order chi connectivity index (χ0) is 15.1. The minimum Gasteiger partial charge on any atom is -0.316 e. The van der Waals surface area contributed by atoms with Crippen molar-refractivity contribution >= 4 is 46.0 Å². The van der Waals surface area contributed by atoms with Crippen LogP contribution in [0.3, 0.4) is 0 Å². The SMILES string of the molecule is Cc1cc(Cl)nc2c1nc(Cc1c(Cl)cccc1Cl)n2C. The third-order valence-corrected chi connectivity index (χ3v) is 4.38. The van der Waals surface area contributed by atoms with Crippen LogP contribution >= 0.6 is 34.8 Å². The van der Waals surface area contributed by atoms with Gasteiger partial charge in [0.1, 0.15) is 16.5 Å². The lowest BCUT2D eigenvalue weighted by atomic mass is 10.1. The fourth-order valence-corrected chi connectivity index (χ4v) is 3.10. The fraction of sp³-hybridized carbons (Fsp3) is 0.200. The van der Waals surface area contributed by atoms with Crippen molar-refractivity contribution in [3.05, 3.63) is 56.4 Å². The molecular weight excluding hydrogens is 329 g/mol. The van der Waals surface area contributed by atoms with Crippen molar-refractivity contribution < 1.29 is 0 Å². The van der Waals surface area contributed by atoms with E-state index in [4.69, 9.17) is 34.8 Å². The zero-order valence-electron chi connectivity index (χ0n) is 11.5. The zero-order valence-corrected chi connectivity index (χ0v) is 13.8. The monoisotopic (exact) mass is 339 g/mol. The third kappa shape index (κ3) is 2.61. The van der Waals surface area contributed by atoms with E-state index in [1.807, 2.05) is 42.8 Å². The highest BCUT2D eigenvalue weighted by molar-refractivity contribution is 6.36. The highest BCUT2D eigenvalue weighted by atomic mass is 35.5. The second kappa shape index (κ2) is 5.48. The maximum absolute atomic E-state index is 6.23. The van der Waals surface area contributed by atoms with E-state index >= 15 is 0 Å². The van der Waals surface area contributed by atoms with E-state index in [9.17, 15) is 0 Å². The number of aryl methyl sites for hydroxylation is 2. The van der Waals surface area contributed by atoms with Gasteiger partial charge in [0.15, 0.2) is 5.65 Å². The molecule has 0 fully saturated rings. The van der Waals surface area contributed by atoms with Crippen LogP contribution in [0.15, 0.2) is 24.3 Å². The first-order valence-corrected chi connectivity index (χ1v) is 7.52. The summed E-state index contributed by atoms with van der Waals surface area (Å²) in [4.78, 5) is 9.00. The van der Waals surface area contributed by atoms with Gasteiger partial charge >= 0.3 is 0 Å². The molecule has 3 nitrogen and oxygen atoms in total. The van der Waals surface area contributed by atoms with Crippen LogP contribution in [0.1, 0.15) is 17.0 Å². The van der Waals surface area contributed by atoms with Gasteiger partial charge in [-0.15, -0.1) is 0 Å². The molecule has 0 aliphatic carbocycles. The first-order chi connectivity index (χ1) is 9.97. The maximum Gasteiger partial charge on any atom is 0.161 e. The van der Waals surface area contributed by atoms with Crippen LogP contribution in [0.2, 0.25) is 15.2 Å². The van der Waals surface area contributed by atoms with Gasteiger partial charge in [0.25, 0.3) is 0 Å². The van der Waals surface area contributed by atoms with Crippen LogP contribution < -0.4 is 0 Å². The summed E-state index contributed by atoms with van der Waals surface area (Å²) >= 11 is 18.5. The molecule has 0 atom stereocenters. The molecule has 0 amide bonds. The molecule has 0 bridgehead atoms. The van der Waals surface area contributed by atoms with Crippen molar-refractivity contribution in [2.75, 3.05) is 0 Å². The van der Waals surface area contributed by atoms with E-state index in [0.29, 0.717) is 21.6 Å². The molecule has 0 saturated carbocycles. The van der Waals surface area contributed by atoms with Crippen LogP contribution in [-0.2, 0) is 13.5 Å². The molecule has 0 radical (unpaired) electrons. The summed E-state index contributed by atoms with van der Waals surface area (Å²) in [5.74, 6) is 0.845. The predicted molar refractivity (Wildman–Crippen MR) is 87.5 cm³/mol. The topological polar surface area (TPSA) is 30.7 Å². The van der Waals surface area contributed by atoms with Crippen molar-refractivity contribution in [2.45, 2.75) is 13.3 Å². The Hall–Kier alpha value is -1.29. The smallest absolute Gasteiger partial charge is 0.161 e. The summed E-state index contributed by atoms with van der Waals surface area (Å²) < 4.78 is 1.92. The molecule has 0 saturated heterocycles. The average molecular weight is 341 g/mol. The van der Waals surface area contributed by atoms with Crippen molar-refractivity contribution in [3.8, 4) is 0 Å². The molecule has 6 heteroatoms. The number of benzene rings is 1. The van der Waals surface area contributed by atoms with Crippen LogP contribution in [0, 0.1) is 6.92 Å². The third-order valence-electron chi connectivity index (χ3n) is 3.48. The second-order valence-corrected chi connectivity index (χ2v) is 6.10. The van der Waals surface area contributed by atoms with Crippen molar-refractivity contribution in [3.63, 3.8) is 0 Å². The van der Waals surface area contributed by atoms with Gasteiger partial charge in [-0.2, -0.15) is 0 Å². The number of fused-ring (bicyclic) bond motifs is 1. The Balaban J connectivity index is 2.14. The lowest BCUT2D eigenvalue weighted by molar-refractivity contribution is 0.836. The molecule has 0 spiro atoms. The minimum absolute atomic E-state index is 0.463. The van der Waals surface area contributed by atoms with Crippen molar-refractivity contribution in [2.24, 2.45) is 7.05 Å². The molecule has 2 heterocycles. The van der Waals surface area contributed by atoms with Gasteiger partial charge in [0.2, 0.25) is 0 Å². The number of hydrogen-bond acceptors (Lipinski definition) is 2. The molecule has 0 aliphatic rings. The van der Waals surface area contributed by atoms with Gasteiger partial charge in [0.05, 0.1) is 0 Å². The summed E-state index contributed by atoms with van der Waals surface area (Å²) in [5, 5.41) is 1.74. The largest absolute Gasteiger partial charge is 0.316 e. The molecule has 1 aromatic carbocycles. The minimum atomic E-state index is 0.463. The van der Waals surface area contributed by atoms with Crippen molar-refractivity contribution in [1.29, 1.82) is 0 Å². The number of pyridine rings is 1. The van der Waals surface area contributed by atoms with Crippen LogP contribution in [0.25, 0.3) is 11.2 Å². The summed E-state index contributed by atoms with van der Waals surface area (Å²) in [6.45, 7) is 1.97. The Labute approximate surface area is 137 Å². The van der Waals surface area contributed by atoms with E-state index in [2.05, 4.69) is 9.97 Å². The number of rotatable bonds is 2. The molecule has 2 aromatic heterocycles. The number of aromatic nitrogens is 3. The van der Waals surface area contributed by atoms with Gasteiger partial charge in [-0.1, -0.05) is 40.9 Å². The Morgan fingerprint density at radius 1 is 1.10 bits per heavy atom. The summed E-state index contributed by atoms with van der Waals surface area (Å²) in [6, 6.07) is 7.29. The Kier molecular flexibility index (Phi) is 3.82. The average Bonchev–Trinajstić information content (AvgIpc) is 2.72. The summed E-state index contributed by atoms with van der Waals surface area (Å²) in [6.07, 6.45) is 0.544. The van der Waals surface area contributed by atoms with E-state index in [1.165, 1.54) is 0 Å². The molecule has 21 heavy (non-hydrogen) atoms. The summed E-state index contributed by atoms with van der Waals surface area (Å²) in [5.41, 5.74) is 3.47. The normalized spacial score (nSPS) is 11.3. The molecule has 3 rings (SSSR count). The lowest BCUT2D eigenvalue weighted by Gasteiger charge is -2.06. The Bertz CT molecular complexity index is 820. The van der Waals surface area contributed by atoms with Gasteiger partial charge < -0.3 is 4.57 Å². The Morgan fingerprint density at radius 3 is 2.43 bits per heavy atom. The van der Waals surface area contributed by atoms with Gasteiger partial charge in [-0.25, -0.2) is 9.97 Å². The molecule has 3 aromatic rings. The summed E-state index contributed by atoms with van der Waals surface area (Å²) in [7, 11) is 1.91. The number of halogens is 3. The van der Waals surface area contributed by atoms with Gasteiger partial charge in [-0.3, -0.25) is 0 Å². The Morgan fingerprint density at radius 2 is 1.76 bits per heavy atom. The van der Waals surface area contributed by atoms with Gasteiger partial charge in [0, 0.05) is 23.5 Å². The molecular formula is C15H12Cl3N3. The van der Waals surface area contributed by atoms with Crippen LogP contribution in [-0.4, -0.2) is 14.5 Å². The molecule has 0 N–H and O–H groups in total. The first kappa shape index (κ1) is 14.6. The first-order valence-electron chi connectivity index (χ1n) is 6.38. The predicted octanol–water partition coefficient (Wildman–Crippen LogP) is 4.83. The highest BCUT2D eigenvalue weighted by Gasteiger charge is 2.15. The van der Waals surface area contributed by atoms with E-state index in [1.54, 1.807) is 0 Å². The standard InChI is InChI=1S/C15H12Cl3N3/c1-8-6-12(18)19-15-14(8)20-13(21(15)2)7-9-10(16)4-3-5-11(9)17/h3-6H,7H2,1-2H3. The van der Waals surface area contributed by atoms with Crippen molar-refractivity contribution in [1.82, 2.24) is 14.5 Å². The second-order valence-electron chi connectivity index (χ2n) is 4.90. The van der Waals surface area contributed by atoms with E-state index < -0.39 is 0 Å². The van der Waals surface area contributed by atoms with E-state index in [0.717, 1.165) is 28.1 Å². The molecule has 0 unspecified atom stereocenters. The van der Waals surface area contributed by atoms with E-state index in [-0.39, 0.29) is 0 Å². The lowest BCUT2D eigenvalue weighted by Crippen LogP contribution is -2.01. The van der Waals surface area contributed by atoms with Gasteiger partial charge in [-0.05, 0) is 36.2 Å². The number of imidazole rings is 1. The highest BCUT2D eigenvalue weighted by Crippen LogP contribution is 2.28. The van der Waals surface area contributed by atoms with Crippen LogP contribution in [0.5, 0.6) is 0 Å². The van der Waals surface area contributed by atoms with Crippen LogP contribution in [0.4, 0.5) is 0 Å². The quantitative estimate of drug-likeness (QED) is 0.626. The number of nitrogens with zero attached hydrogens (tertiary/aromatic N) is 3. The molecule has 108 valence electrons. The fourth-order valence-electron chi connectivity index (χ4n) is 2.33. The number of hydrogen-bond donors (Lipinski definition) is 0. The maximum atomic E-state index is 6.23.